The average Bonchev–Trinajstić information content (AvgIpc) is 2.60. The van der Waals surface area contributed by atoms with Gasteiger partial charge in [-0.05, 0) is 35.9 Å². The van der Waals surface area contributed by atoms with E-state index < -0.39 is 11.7 Å². The predicted octanol–water partition coefficient (Wildman–Crippen LogP) is 4.36. The van der Waals surface area contributed by atoms with Crippen molar-refractivity contribution in [3.05, 3.63) is 72.1 Å². The molecule has 3 rings (SSSR count). The summed E-state index contributed by atoms with van der Waals surface area (Å²) in [5.74, 6) is 0.342. The second kappa shape index (κ2) is 6.80. The SMILES string of the molecule is Nc1ncccc1-c1cc(NCc2ccccc2C(F)(F)F)ccn1. The lowest BCUT2D eigenvalue weighted by atomic mass is 10.1. The molecule has 0 amide bonds. The lowest BCUT2D eigenvalue weighted by Crippen LogP contribution is -2.11. The first kappa shape index (κ1) is 16.8. The van der Waals surface area contributed by atoms with Crippen molar-refractivity contribution >= 4 is 11.5 Å². The fourth-order valence-electron chi connectivity index (χ4n) is 2.47. The molecule has 128 valence electrons. The van der Waals surface area contributed by atoms with E-state index in [-0.39, 0.29) is 12.1 Å². The van der Waals surface area contributed by atoms with Gasteiger partial charge in [0.25, 0.3) is 0 Å². The van der Waals surface area contributed by atoms with Crippen LogP contribution >= 0.6 is 0 Å². The molecule has 3 N–H and O–H groups in total. The number of anilines is 2. The van der Waals surface area contributed by atoms with Gasteiger partial charge in [0.2, 0.25) is 0 Å². The summed E-state index contributed by atoms with van der Waals surface area (Å²) in [5, 5.41) is 3.00. The first-order valence-corrected chi connectivity index (χ1v) is 7.51. The van der Waals surface area contributed by atoms with Crippen molar-refractivity contribution in [3.63, 3.8) is 0 Å². The number of alkyl halides is 3. The zero-order valence-electron chi connectivity index (χ0n) is 13.1. The smallest absolute Gasteiger partial charge is 0.383 e. The van der Waals surface area contributed by atoms with Crippen LogP contribution in [0.1, 0.15) is 11.1 Å². The minimum Gasteiger partial charge on any atom is -0.383 e. The molecule has 2 aromatic heterocycles. The number of nitrogens with two attached hydrogens (primary N) is 1. The molecular formula is C18H15F3N4. The Labute approximate surface area is 142 Å². The van der Waals surface area contributed by atoms with Crippen LogP contribution in [0.25, 0.3) is 11.3 Å². The molecule has 3 aromatic rings. The maximum Gasteiger partial charge on any atom is 0.416 e. The molecule has 25 heavy (non-hydrogen) atoms. The van der Waals surface area contributed by atoms with Gasteiger partial charge in [0.05, 0.1) is 11.3 Å². The van der Waals surface area contributed by atoms with Crippen molar-refractivity contribution in [2.24, 2.45) is 0 Å². The van der Waals surface area contributed by atoms with E-state index in [1.165, 1.54) is 12.1 Å². The van der Waals surface area contributed by atoms with Crippen molar-refractivity contribution in [1.82, 2.24) is 9.97 Å². The first-order chi connectivity index (χ1) is 11.9. The Morgan fingerprint density at radius 2 is 1.76 bits per heavy atom. The van der Waals surface area contributed by atoms with Crippen LogP contribution in [0.4, 0.5) is 24.7 Å². The van der Waals surface area contributed by atoms with Gasteiger partial charge >= 0.3 is 6.18 Å². The van der Waals surface area contributed by atoms with Gasteiger partial charge in [-0.15, -0.1) is 0 Å². The van der Waals surface area contributed by atoms with E-state index in [0.29, 0.717) is 22.8 Å². The number of nitrogen functional groups attached to an aromatic ring is 1. The Hall–Kier alpha value is -3.09. The monoisotopic (exact) mass is 344 g/mol. The molecule has 0 aliphatic carbocycles. The molecule has 0 aliphatic rings. The largest absolute Gasteiger partial charge is 0.416 e. The molecule has 0 radical (unpaired) electrons. The normalized spacial score (nSPS) is 11.3. The predicted molar refractivity (Wildman–Crippen MR) is 90.7 cm³/mol. The number of benzene rings is 1. The van der Waals surface area contributed by atoms with Crippen molar-refractivity contribution in [1.29, 1.82) is 0 Å². The molecule has 0 bridgehead atoms. The van der Waals surface area contributed by atoms with Gasteiger partial charge in [-0.1, -0.05) is 18.2 Å². The molecule has 0 fully saturated rings. The summed E-state index contributed by atoms with van der Waals surface area (Å²) < 4.78 is 39.1. The maximum absolute atomic E-state index is 13.0. The maximum atomic E-state index is 13.0. The summed E-state index contributed by atoms with van der Waals surface area (Å²) in [6, 6.07) is 12.4. The fourth-order valence-corrected chi connectivity index (χ4v) is 2.47. The van der Waals surface area contributed by atoms with Crippen molar-refractivity contribution in [3.8, 4) is 11.3 Å². The van der Waals surface area contributed by atoms with E-state index in [1.807, 2.05) is 0 Å². The molecule has 7 heteroatoms. The summed E-state index contributed by atoms with van der Waals surface area (Å²) >= 11 is 0. The standard InChI is InChI=1S/C18H15F3N4/c19-18(20,21)15-6-2-1-4-12(15)11-25-13-7-9-23-16(10-13)14-5-3-8-24-17(14)22/h1-10H,11H2,(H2,22,24)(H,23,25). The van der Waals surface area contributed by atoms with E-state index in [9.17, 15) is 13.2 Å². The van der Waals surface area contributed by atoms with Crippen molar-refractivity contribution < 1.29 is 13.2 Å². The summed E-state index contributed by atoms with van der Waals surface area (Å²) in [6.45, 7) is 0.0433. The third-order valence-electron chi connectivity index (χ3n) is 3.68. The molecule has 4 nitrogen and oxygen atoms in total. The summed E-state index contributed by atoms with van der Waals surface area (Å²) in [4.78, 5) is 8.25. The lowest BCUT2D eigenvalue weighted by molar-refractivity contribution is -0.138. The van der Waals surface area contributed by atoms with E-state index in [4.69, 9.17) is 5.73 Å². The number of nitrogens with one attached hydrogen (secondary N) is 1. The topological polar surface area (TPSA) is 63.8 Å². The third kappa shape index (κ3) is 3.88. The number of halogens is 3. The Morgan fingerprint density at radius 1 is 0.960 bits per heavy atom. The number of pyridine rings is 2. The van der Waals surface area contributed by atoms with Gasteiger partial charge in [0.1, 0.15) is 5.82 Å². The van der Waals surface area contributed by atoms with Crippen LogP contribution in [0.2, 0.25) is 0 Å². The molecule has 1 aromatic carbocycles. The van der Waals surface area contributed by atoms with Crippen LogP contribution in [0.3, 0.4) is 0 Å². The molecule has 0 atom stereocenters. The highest BCUT2D eigenvalue weighted by Crippen LogP contribution is 2.32. The Morgan fingerprint density at radius 3 is 2.52 bits per heavy atom. The van der Waals surface area contributed by atoms with Crippen LogP contribution < -0.4 is 11.1 Å². The van der Waals surface area contributed by atoms with Crippen LogP contribution in [-0.4, -0.2) is 9.97 Å². The number of hydrogen-bond acceptors (Lipinski definition) is 4. The summed E-state index contributed by atoms with van der Waals surface area (Å²) in [7, 11) is 0. The average molecular weight is 344 g/mol. The second-order valence-electron chi connectivity index (χ2n) is 5.37. The van der Waals surface area contributed by atoms with Crippen LogP contribution in [0, 0.1) is 0 Å². The van der Waals surface area contributed by atoms with Gasteiger partial charge < -0.3 is 11.1 Å². The van der Waals surface area contributed by atoms with Gasteiger partial charge in [-0.25, -0.2) is 4.98 Å². The number of hydrogen-bond donors (Lipinski definition) is 2. The van der Waals surface area contributed by atoms with Gasteiger partial charge in [-0.3, -0.25) is 4.98 Å². The number of nitrogens with zero attached hydrogens (tertiary/aromatic N) is 2. The van der Waals surface area contributed by atoms with Gasteiger partial charge in [0, 0.05) is 30.2 Å². The van der Waals surface area contributed by atoms with E-state index in [1.54, 1.807) is 42.7 Å². The van der Waals surface area contributed by atoms with E-state index in [2.05, 4.69) is 15.3 Å². The highest BCUT2D eigenvalue weighted by Gasteiger charge is 2.32. The highest BCUT2D eigenvalue weighted by molar-refractivity contribution is 5.72. The molecular weight excluding hydrogens is 329 g/mol. The number of aromatic nitrogens is 2. The van der Waals surface area contributed by atoms with Crippen LogP contribution in [0.5, 0.6) is 0 Å². The quantitative estimate of drug-likeness (QED) is 0.738. The third-order valence-corrected chi connectivity index (χ3v) is 3.68. The molecule has 0 aliphatic heterocycles. The lowest BCUT2D eigenvalue weighted by Gasteiger charge is -2.14. The summed E-state index contributed by atoms with van der Waals surface area (Å²) in [5.41, 5.74) is 7.28. The van der Waals surface area contributed by atoms with Crippen LogP contribution in [0.15, 0.2) is 60.9 Å². The van der Waals surface area contributed by atoms with E-state index >= 15 is 0 Å². The molecule has 0 spiro atoms. The fraction of sp³-hybridized carbons (Fsp3) is 0.111. The molecule has 0 saturated carbocycles. The summed E-state index contributed by atoms with van der Waals surface area (Å²) in [6.07, 6.45) is -1.24. The minimum absolute atomic E-state index is 0.0433. The zero-order valence-corrected chi connectivity index (χ0v) is 13.1. The molecule has 0 unspecified atom stereocenters. The highest BCUT2D eigenvalue weighted by atomic mass is 19.4. The Bertz CT molecular complexity index is 878. The number of rotatable bonds is 4. The van der Waals surface area contributed by atoms with Crippen LogP contribution in [-0.2, 0) is 12.7 Å². The Kier molecular flexibility index (Phi) is 4.56. The van der Waals surface area contributed by atoms with Gasteiger partial charge in [0.15, 0.2) is 0 Å². The molecule has 2 heterocycles. The van der Waals surface area contributed by atoms with Crippen molar-refractivity contribution in [2.45, 2.75) is 12.7 Å². The van der Waals surface area contributed by atoms with Gasteiger partial charge in [-0.2, -0.15) is 13.2 Å². The minimum atomic E-state index is -4.38. The first-order valence-electron chi connectivity index (χ1n) is 7.51. The van der Waals surface area contributed by atoms with Crippen molar-refractivity contribution in [2.75, 3.05) is 11.1 Å². The Balaban J connectivity index is 1.82. The zero-order chi connectivity index (χ0) is 17.9. The molecule has 0 saturated heterocycles. The van der Waals surface area contributed by atoms with E-state index in [0.717, 1.165) is 6.07 Å². The second-order valence-corrected chi connectivity index (χ2v) is 5.37.